The highest BCUT2D eigenvalue weighted by atomic mass is 35.5. The Hall–Kier alpha value is -2.64. The van der Waals surface area contributed by atoms with Crippen LogP contribution in [-0.4, -0.2) is 31.1 Å². The summed E-state index contributed by atoms with van der Waals surface area (Å²) in [4.78, 5) is 37.0. The Labute approximate surface area is 172 Å². The van der Waals surface area contributed by atoms with Crippen molar-refractivity contribution in [2.45, 2.75) is 20.8 Å². The van der Waals surface area contributed by atoms with Crippen LogP contribution in [0.3, 0.4) is 0 Å². The number of anilines is 1. The quantitative estimate of drug-likeness (QED) is 0.517. The maximum Gasteiger partial charge on any atom is 0.348 e. The summed E-state index contributed by atoms with van der Waals surface area (Å²) < 4.78 is 10.1. The third-order valence-electron chi connectivity index (χ3n) is 3.62. The highest BCUT2D eigenvalue weighted by Gasteiger charge is 2.26. The standard InChI is InChI=1S/C20H20ClNO5S/c1-4-26-19(24)16-12(3)17(20(25)27-5-2)28-18(16)22-15(23)11-8-13-6-9-14(21)10-7-13/h6-11H,4-5H2,1-3H3,(H,22,23)/b11-8+. The van der Waals surface area contributed by atoms with Crippen molar-refractivity contribution in [2.24, 2.45) is 0 Å². The number of carbonyl (C=O) groups excluding carboxylic acids is 3. The van der Waals surface area contributed by atoms with E-state index in [1.807, 2.05) is 0 Å². The van der Waals surface area contributed by atoms with Gasteiger partial charge in [0.05, 0.1) is 18.8 Å². The van der Waals surface area contributed by atoms with E-state index in [-0.39, 0.29) is 28.7 Å². The molecule has 1 N–H and O–H groups in total. The minimum Gasteiger partial charge on any atom is -0.462 e. The van der Waals surface area contributed by atoms with Gasteiger partial charge in [0.25, 0.3) is 0 Å². The summed E-state index contributed by atoms with van der Waals surface area (Å²) in [6.07, 6.45) is 2.94. The largest absolute Gasteiger partial charge is 0.462 e. The lowest BCUT2D eigenvalue weighted by Crippen LogP contribution is -2.13. The Kier molecular flexibility index (Phi) is 7.78. The molecule has 1 aromatic heterocycles. The molecule has 0 fully saturated rings. The number of benzene rings is 1. The molecule has 1 heterocycles. The molecule has 0 aliphatic heterocycles. The molecule has 6 nitrogen and oxygen atoms in total. The average molecular weight is 422 g/mol. The summed E-state index contributed by atoms with van der Waals surface area (Å²) >= 11 is 6.82. The minimum absolute atomic E-state index is 0.156. The molecule has 1 aromatic carbocycles. The second-order valence-corrected chi connectivity index (χ2v) is 7.03. The van der Waals surface area contributed by atoms with Crippen LogP contribution in [0.15, 0.2) is 30.3 Å². The topological polar surface area (TPSA) is 81.7 Å². The second-order valence-electron chi connectivity index (χ2n) is 5.58. The van der Waals surface area contributed by atoms with E-state index in [2.05, 4.69) is 5.32 Å². The zero-order chi connectivity index (χ0) is 20.7. The second kappa shape index (κ2) is 10.1. The number of thiophene rings is 1. The fraction of sp³-hybridized carbons (Fsp3) is 0.250. The number of rotatable bonds is 7. The first kappa shape index (κ1) is 21.7. The van der Waals surface area contributed by atoms with Crippen molar-refractivity contribution in [3.8, 4) is 0 Å². The zero-order valence-electron chi connectivity index (χ0n) is 15.7. The number of nitrogens with one attached hydrogen (secondary N) is 1. The normalized spacial score (nSPS) is 10.7. The Morgan fingerprint density at radius 1 is 1.07 bits per heavy atom. The lowest BCUT2D eigenvalue weighted by molar-refractivity contribution is -0.111. The number of amides is 1. The van der Waals surface area contributed by atoms with E-state index in [9.17, 15) is 14.4 Å². The first-order valence-electron chi connectivity index (χ1n) is 8.59. The van der Waals surface area contributed by atoms with E-state index >= 15 is 0 Å². The molecule has 28 heavy (non-hydrogen) atoms. The summed E-state index contributed by atoms with van der Waals surface area (Å²) in [6, 6.07) is 6.97. The van der Waals surface area contributed by atoms with Crippen LogP contribution in [0.25, 0.3) is 6.08 Å². The third kappa shape index (κ3) is 5.43. The van der Waals surface area contributed by atoms with E-state index in [1.54, 1.807) is 51.1 Å². The molecule has 0 saturated carbocycles. The summed E-state index contributed by atoms with van der Waals surface area (Å²) in [5.74, 6) is -1.60. The summed E-state index contributed by atoms with van der Waals surface area (Å²) in [5.41, 5.74) is 1.36. The molecule has 0 aliphatic carbocycles. The van der Waals surface area contributed by atoms with Crippen LogP contribution in [0.1, 0.15) is 45.0 Å². The number of hydrogen-bond acceptors (Lipinski definition) is 6. The number of carbonyl (C=O) groups is 3. The van der Waals surface area contributed by atoms with Gasteiger partial charge in [-0.05, 0) is 50.1 Å². The molecule has 0 unspecified atom stereocenters. The van der Waals surface area contributed by atoms with Crippen LogP contribution in [0, 0.1) is 6.92 Å². The average Bonchev–Trinajstić information content (AvgIpc) is 2.97. The zero-order valence-corrected chi connectivity index (χ0v) is 17.3. The Balaban J connectivity index is 2.28. The van der Waals surface area contributed by atoms with Crippen LogP contribution in [-0.2, 0) is 14.3 Å². The van der Waals surface area contributed by atoms with Crippen molar-refractivity contribution in [1.29, 1.82) is 0 Å². The first-order chi connectivity index (χ1) is 13.4. The number of esters is 2. The molecule has 148 valence electrons. The summed E-state index contributed by atoms with van der Waals surface area (Å²) in [5, 5.41) is 3.49. The van der Waals surface area contributed by atoms with Crippen molar-refractivity contribution >= 4 is 51.9 Å². The van der Waals surface area contributed by atoms with Gasteiger partial charge >= 0.3 is 11.9 Å². The SMILES string of the molecule is CCOC(=O)c1sc(NC(=O)/C=C/c2ccc(Cl)cc2)c(C(=O)OCC)c1C. The van der Waals surface area contributed by atoms with Gasteiger partial charge in [-0.25, -0.2) is 9.59 Å². The molecule has 0 bridgehead atoms. The van der Waals surface area contributed by atoms with Gasteiger partial charge in [-0.3, -0.25) is 4.79 Å². The van der Waals surface area contributed by atoms with Crippen molar-refractivity contribution in [3.63, 3.8) is 0 Å². The van der Waals surface area contributed by atoms with Gasteiger partial charge in [-0.15, -0.1) is 11.3 Å². The smallest absolute Gasteiger partial charge is 0.348 e. The van der Waals surface area contributed by atoms with Gasteiger partial charge in [0.15, 0.2) is 0 Å². The molecule has 0 saturated heterocycles. The lowest BCUT2D eigenvalue weighted by atomic mass is 10.1. The lowest BCUT2D eigenvalue weighted by Gasteiger charge is -2.05. The molecule has 0 spiro atoms. The van der Waals surface area contributed by atoms with Crippen molar-refractivity contribution in [2.75, 3.05) is 18.5 Å². The van der Waals surface area contributed by atoms with Crippen LogP contribution >= 0.6 is 22.9 Å². The third-order valence-corrected chi connectivity index (χ3v) is 5.06. The van der Waals surface area contributed by atoms with Crippen LogP contribution in [0.2, 0.25) is 5.02 Å². The maximum atomic E-state index is 12.3. The molecule has 1 amide bonds. The van der Waals surface area contributed by atoms with Crippen LogP contribution < -0.4 is 5.32 Å². The van der Waals surface area contributed by atoms with Gasteiger partial charge in [-0.2, -0.15) is 0 Å². The molecular weight excluding hydrogens is 402 g/mol. The van der Waals surface area contributed by atoms with Gasteiger partial charge in [0.1, 0.15) is 9.88 Å². The summed E-state index contributed by atoms with van der Waals surface area (Å²) in [7, 11) is 0. The molecular formula is C20H20ClNO5S. The minimum atomic E-state index is -0.608. The highest BCUT2D eigenvalue weighted by Crippen LogP contribution is 2.34. The van der Waals surface area contributed by atoms with E-state index < -0.39 is 17.8 Å². The van der Waals surface area contributed by atoms with E-state index in [4.69, 9.17) is 21.1 Å². The maximum absolute atomic E-state index is 12.3. The first-order valence-corrected chi connectivity index (χ1v) is 9.79. The predicted molar refractivity (Wildman–Crippen MR) is 110 cm³/mol. The Bertz CT molecular complexity index is 902. The Morgan fingerprint density at radius 2 is 1.68 bits per heavy atom. The van der Waals surface area contributed by atoms with Gasteiger partial charge < -0.3 is 14.8 Å². The van der Waals surface area contributed by atoms with E-state index in [0.717, 1.165) is 16.9 Å². The molecule has 0 radical (unpaired) electrons. The Morgan fingerprint density at radius 3 is 2.29 bits per heavy atom. The predicted octanol–water partition coefficient (Wildman–Crippen LogP) is 4.72. The molecule has 8 heteroatoms. The monoisotopic (exact) mass is 421 g/mol. The molecule has 0 atom stereocenters. The van der Waals surface area contributed by atoms with Gasteiger partial charge in [0, 0.05) is 11.1 Å². The van der Waals surface area contributed by atoms with Crippen LogP contribution in [0.4, 0.5) is 5.00 Å². The van der Waals surface area contributed by atoms with Crippen molar-refractivity contribution in [1.82, 2.24) is 0 Å². The summed E-state index contributed by atoms with van der Waals surface area (Å²) in [6.45, 7) is 5.37. The van der Waals surface area contributed by atoms with Crippen LogP contribution in [0.5, 0.6) is 0 Å². The van der Waals surface area contributed by atoms with E-state index in [1.165, 1.54) is 6.08 Å². The fourth-order valence-corrected chi connectivity index (χ4v) is 3.56. The molecule has 2 aromatic rings. The number of halogens is 1. The fourth-order valence-electron chi connectivity index (χ4n) is 2.34. The van der Waals surface area contributed by atoms with E-state index in [0.29, 0.717) is 10.6 Å². The van der Waals surface area contributed by atoms with Crippen molar-refractivity contribution < 1.29 is 23.9 Å². The van der Waals surface area contributed by atoms with Gasteiger partial charge in [-0.1, -0.05) is 23.7 Å². The molecule has 2 rings (SSSR count). The number of ether oxygens (including phenoxy) is 2. The molecule has 0 aliphatic rings. The highest BCUT2D eigenvalue weighted by molar-refractivity contribution is 7.18. The van der Waals surface area contributed by atoms with Gasteiger partial charge in [0.2, 0.25) is 5.91 Å². The number of hydrogen-bond donors (Lipinski definition) is 1. The van der Waals surface area contributed by atoms with Crippen molar-refractivity contribution in [3.05, 3.63) is 56.9 Å².